The van der Waals surface area contributed by atoms with Gasteiger partial charge in [0.1, 0.15) is 5.76 Å². The Morgan fingerprint density at radius 1 is 0.972 bits per heavy atom. The number of piperidine rings is 1. The van der Waals surface area contributed by atoms with Crippen molar-refractivity contribution in [2.45, 2.75) is 109 Å². The van der Waals surface area contributed by atoms with Gasteiger partial charge < -0.3 is 9.15 Å². The Balaban J connectivity index is 1.20. The lowest BCUT2D eigenvalue weighted by Crippen LogP contribution is -2.44. The van der Waals surface area contributed by atoms with Crippen LogP contribution in [0.3, 0.4) is 0 Å². The number of hydrogen-bond donors (Lipinski definition) is 0. The molecule has 3 aliphatic rings. The van der Waals surface area contributed by atoms with Gasteiger partial charge in [-0.25, -0.2) is 4.98 Å². The maximum atomic E-state index is 6.55. The van der Waals surface area contributed by atoms with E-state index in [2.05, 4.69) is 42.2 Å². The van der Waals surface area contributed by atoms with Crippen LogP contribution < -0.4 is 0 Å². The number of hydrogen-bond acceptors (Lipinski definition) is 4. The summed E-state index contributed by atoms with van der Waals surface area (Å²) in [5, 5.41) is 0. The Morgan fingerprint density at radius 2 is 1.72 bits per heavy atom. The molecule has 2 saturated carbocycles. The van der Waals surface area contributed by atoms with E-state index in [0.29, 0.717) is 17.9 Å². The lowest BCUT2D eigenvalue weighted by atomic mass is 9.77. The van der Waals surface area contributed by atoms with Crippen LogP contribution in [0.5, 0.6) is 0 Å². The maximum absolute atomic E-state index is 6.55. The minimum atomic E-state index is 0.280. The second kappa shape index (κ2) is 13.2. The zero-order valence-corrected chi connectivity index (χ0v) is 22.6. The summed E-state index contributed by atoms with van der Waals surface area (Å²) in [6.45, 7) is 6.26. The van der Waals surface area contributed by atoms with Crippen molar-refractivity contribution in [2.24, 2.45) is 17.8 Å². The lowest BCUT2D eigenvalue weighted by molar-refractivity contribution is -0.0467. The van der Waals surface area contributed by atoms with Crippen molar-refractivity contribution in [3.8, 4) is 0 Å². The molecule has 1 aliphatic heterocycles. The highest BCUT2D eigenvalue weighted by atomic mass is 16.5. The van der Waals surface area contributed by atoms with E-state index in [1.165, 1.54) is 89.0 Å². The first-order valence-corrected chi connectivity index (χ1v) is 15.1. The van der Waals surface area contributed by atoms with Crippen molar-refractivity contribution in [3.05, 3.63) is 53.7 Å². The predicted octanol–water partition coefficient (Wildman–Crippen LogP) is 7.97. The summed E-state index contributed by atoms with van der Waals surface area (Å²) in [7, 11) is 0. The summed E-state index contributed by atoms with van der Waals surface area (Å²) >= 11 is 0. The zero-order valence-electron chi connectivity index (χ0n) is 22.6. The van der Waals surface area contributed by atoms with Crippen molar-refractivity contribution in [2.75, 3.05) is 19.7 Å². The first-order chi connectivity index (χ1) is 17.8. The van der Waals surface area contributed by atoms with Crippen LogP contribution in [-0.4, -0.2) is 35.7 Å². The monoisotopic (exact) mass is 492 g/mol. The number of nitrogens with zero attached hydrogens (tertiary/aromatic N) is 2. The van der Waals surface area contributed by atoms with E-state index < -0.39 is 0 Å². The molecule has 3 unspecified atom stereocenters. The Hall–Kier alpha value is -1.65. The Bertz CT molecular complexity index is 885. The Kier molecular flexibility index (Phi) is 9.55. The molecule has 0 N–H and O–H groups in total. The highest BCUT2D eigenvalue weighted by Gasteiger charge is 2.32. The fraction of sp³-hybridized carbons (Fsp3) is 0.719. The van der Waals surface area contributed by atoms with Crippen LogP contribution in [0, 0.1) is 17.8 Å². The maximum Gasteiger partial charge on any atom is 0.202 e. The van der Waals surface area contributed by atoms with Gasteiger partial charge in [-0.15, -0.1) is 0 Å². The number of ether oxygens (including phenoxy) is 1. The number of likely N-dealkylation sites (tertiary alicyclic amines) is 1. The normalized spacial score (nSPS) is 25.7. The third-order valence-corrected chi connectivity index (χ3v) is 9.38. The molecule has 3 fully saturated rings. The highest BCUT2D eigenvalue weighted by molar-refractivity contribution is 5.26. The third-order valence-electron chi connectivity index (χ3n) is 9.38. The molecule has 1 aromatic heterocycles. The van der Waals surface area contributed by atoms with Crippen LogP contribution in [0.2, 0.25) is 0 Å². The van der Waals surface area contributed by atoms with Crippen LogP contribution in [0.25, 0.3) is 0 Å². The van der Waals surface area contributed by atoms with Crippen molar-refractivity contribution >= 4 is 0 Å². The topological polar surface area (TPSA) is 38.5 Å². The van der Waals surface area contributed by atoms with Gasteiger partial charge in [0.25, 0.3) is 0 Å². The van der Waals surface area contributed by atoms with Crippen LogP contribution in [0.15, 0.2) is 40.9 Å². The molecule has 2 aromatic rings. The number of benzene rings is 1. The fourth-order valence-corrected chi connectivity index (χ4v) is 7.19. The molecular weight excluding hydrogens is 444 g/mol. The molecule has 1 saturated heterocycles. The molecule has 0 bridgehead atoms. The number of aromatic nitrogens is 1. The highest BCUT2D eigenvalue weighted by Crippen LogP contribution is 2.40. The Morgan fingerprint density at radius 3 is 2.47 bits per heavy atom. The third kappa shape index (κ3) is 6.81. The van der Waals surface area contributed by atoms with E-state index >= 15 is 0 Å². The fourth-order valence-electron chi connectivity index (χ4n) is 7.19. The molecule has 0 spiro atoms. The smallest absolute Gasteiger partial charge is 0.202 e. The molecular formula is C32H48N2O2. The lowest BCUT2D eigenvalue weighted by Gasteiger charge is -2.38. The summed E-state index contributed by atoms with van der Waals surface area (Å²) in [6, 6.07) is 10.9. The number of oxazole rings is 1. The van der Waals surface area contributed by atoms with Crippen LogP contribution in [0.4, 0.5) is 0 Å². The molecule has 0 radical (unpaired) electrons. The van der Waals surface area contributed by atoms with Gasteiger partial charge in [-0.3, -0.25) is 4.90 Å². The van der Waals surface area contributed by atoms with Crippen LogP contribution >= 0.6 is 0 Å². The molecule has 3 atom stereocenters. The molecule has 4 heteroatoms. The van der Waals surface area contributed by atoms with Gasteiger partial charge in [0.15, 0.2) is 0 Å². The molecule has 5 rings (SSSR count). The second-order valence-electron chi connectivity index (χ2n) is 11.8. The van der Waals surface area contributed by atoms with Crippen LogP contribution in [-0.2, 0) is 11.3 Å². The van der Waals surface area contributed by atoms with Gasteiger partial charge in [0.2, 0.25) is 5.89 Å². The first kappa shape index (κ1) is 26.0. The minimum absolute atomic E-state index is 0.280. The summed E-state index contributed by atoms with van der Waals surface area (Å²) in [4.78, 5) is 7.40. The molecule has 36 heavy (non-hydrogen) atoms. The molecule has 0 amide bonds. The van der Waals surface area contributed by atoms with Crippen molar-refractivity contribution in [1.29, 1.82) is 0 Å². The predicted molar refractivity (Wildman–Crippen MR) is 146 cm³/mol. The molecule has 4 nitrogen and oxygen atoms in total. The van der Waals surface area contributed by atoms with Gasteiger partial charge in [-0.2, -0.15) is 0 Å². The summed E-state index contributed by atoms with van der Waals surface area (Å²) in [5.41, 5.74) is 1.35. The summed E-state index contributed by atoms with van der Waals surface area (Å²) in [6.07, 6.45) is 19.7. The average Bonchev–Trinajstić information content (AvgIpc) is 3.38. The van der Waals surface area contributed by atoms with E-state index in [1.54, 1.807) is 0 Å². The van der Waals surface area contributed by atoms with Gasteiger partial charge in [0.05, 0.1) is 24.8 Å². The SMILES string of the molecule is CCC1CCN(Cc2cnc(C(c3ccccc3)C3CCCCC3)o2)CC1OCCC1CCCCC1. The van der Waals surface area contributed by atoms with Gasteiger partial charge >= 0.3 is 0 Å². The molecule has 198 valence electrons. The standard InChI is InChI=1S/C32H48N2O2/c1-2-26-18-20-34(24-30(26)35-21-19-25-12-6-3-7-13-25)23-29-22-33-32(36-29)31(27-14-8-4-9-15-27)28-16-10-5-11-17-28/h4,8-9,14-15,22,25-26,28,30-31H,2-3,5-7,10-13,16-21,23-24H2,1H3. The molecule has 2 heterocycles. The first-order valence-electron chi connectivity index (χ1n) is 15.1. The van der Waals surface area contributed by atoms with Crippen LogP contribution in [0.1, 0.15) is 114 Å². The van der Waals surface area contributed by atoms with Crippen molar-refractivity contribution in [1.82, 2.24) is 9.88 Å². The van der Waals surface area contributed by atoms with Gasteiger partial charge in [0, 0.05) is 13.2 Å². The van der Waals surface area contributed by atoms with Crippen molar-refractivity contribution in [3.63, 3.8) is 0 Å². The van der Waals surface area contributed by atoms with Gasteiger partial charge in [-0.05, 0) is 55.5 Å². The van der Waals surface area contributed by atoms with E-state index in [4.69, 9.17) is 14.1 Å². The van der Waals surface area contributed by atoms with Crippen molar-refractivity contribution < 1.29 is 9.15 Å². The van der Waals surface area contributed by atoms with E-state index in [1.807, 2.05) is 6.20 Å². The second-order valence-corrected chi connectivity index (χ2v) is 11.8. The van der Waals surface area contributed by atoms with E-state index in [9.17, 15) is 0 Å². The number of rotatable bonds is 10. The average molecular weight is 493 g/mol. The quantitative estimate of drug-likeness (QED) is 0.337. The zero-order chi connectivity index (χ0) is 24.6. The summed E-state index contributed by atoms with van der Waals surface area (Å²) < 4.78 is 13.1. The molecule has 1 aromatic carbocycles. The largest absolute Gasteiger partial charge is 0.444 e. The Labute approximate surface area is 219 Å². The minimum Gasteiger partial charge on any atom is -0.444 e. The van der Waals surface area contributed by atoms with E-state index in [-0.39, 0.29) is 5.92 Å². The molecule has 2 aliphatic carbocycles. The summed E-state index contributed by atoms with van der Waals surface area (Å²) in [5.74, 6) is 4.43. The van der Waals surface area contributed by atoms with Gasteiger partial charge in [-0.1, -0.05) is 95.0 Å². The van der Waals surface area contributed by atoms with E-state index in [0.717, 1.165) is 43.8 Å².